The maximum absolute atomic E-state index is 11.4. The van der Waals surface area contributed by atoms with E-state index in [2.05, 4.69) is 10.2 Å². The molecule has 7 nitrogen and oxygen atoms in total. The first-order valence-corrected chi connectivity index (χ1v) is 7.17. The standard InChI is InChI=1S/C10H20N4O3S/c1-7(2)14-8(6-17-10(3,4)5)12-13-9(14)18(11,15)16/h7H,6H2,1-5H3,(H2,11,15,16). The molecule has 0 amide bonds. The van der Waals surface area contributed by atoms with Gasteiger partial charge in [-0.05, 0) is 34.6 Å². The molecule has 0 aliphatic heterocycles. The van der Waals surface area contributed by atoms with Gasteiger partial charge in [-0.1, -0.05) is 0 Å². The van der Waals surface area contributed by atoms with Crippen LogP contribution in [0.15, 0.2) is 5.16 Å². The molecule has 0 radical (unpaired) electrons. The zero-order valence-corrected chi connectivity index (χ0v) is 12.2. The fourth-order valence-corrected chi connectivity index (χ4v) is 2.14. The van der Waals surface area contributed by atoms with Gasteiger partial charge in [0, 0.05) is 6.04 Å². The monoisotopic (exact) mass is 276 g/mol. The van der Waals surface area contributed by atoms with Gasteiger partial charge in [0.1, 0.15) is 6.61 Å². The normalized spacial score (nSPS) is 13.3. The Balaban J connectivity index is 3.11. The van der Waals surface area contributed by atoms with Crippen LogP contribution in [-0.4, -0.2) is 28.8 Å². The predicted octanol–water partition coefficient (Wildman–Crippen LogP) is 0.821. The molecule has 0 spiro atoms. The summed E-state index contributed by atoms with van der Waals surface area (Å²) in [6.07, 6.45) is 0. The van der Waals surface area contributed by atoms with Crippen LogP contribution in [0.5, 0.6) is 0 Å². The third kappa shape index (κ3) is 3.76. The second-order valence-electron chi connectivity index (χ2n) is 5.31. The molecule has 0 bridgehead atoms. The number of sulfonamides is 1. The minimum Gasteiger partial charge on any atom is -0.368 e. The number of hydrogen-bond donors (Lipinski definition) is 1. The molecule has 0 aromatic carbocycles. The molecule has 1 aromatic heterocycles. The molecule has 0 atom stereocenters. The molecule has 0 fully saturated rings. The fraction of sp³-hybridized carbons (Fsp3) is 0.800. The van der Waals surface area contributed by atoms with E-state index in [1.54, 1.807) is 0 Å². The zero-order chi connectivity index (χ0) is 14.1. The fourth-order valence-electron chi connectivity index (χ4n) is 1.40. The number of hydrogen-bond acceptors (Lipinski definition) is 5. The van der Waals surface area contributed by atoms with Gasteiger partial charge >= 0.3 is 0 Å². The van der Waals surface area contributed by atoms with Crippen LogP contribution in [0.3, 0.4) is 0 Å². The van der Waals surface area contributed by atoms with Gasteiger partial charge in [0.2, 0.25) is 0 Å². The van der Waals surface area contributed by atoms with Crippen LogP contribution >= 0.6 is 0 Å². The van der Waals surface area contributed by atoms with Crippen LogP contribution in [0.2, 0.25) is 0 Å². The van der Waals surface area contributed by atoms with Crippen molar-refractivity contribution in [3.63, 3.8) is 0 Å². The molecule has 1 heterocycles. The summed E-state index contributed by atoms with van der Waals surface area (Å²) < 4.78 is 29.8. The molecule has 8 heteroatoms. The number of rotatable bonds is 4. The van der Waals surface area contributed by atoms with Crippen molar-refractivity contribution in [3.8, 4) is 0 Å². The summed E-state index contributed by atoms with van der Waals surface area (Å²) in [7, 11) is -3.88. The van der Waals surface area contributed by atoms with Crippen molar-refractivity contribution in [2.24, 2.45) is 5.14 Å². The quantitative estimate of drug-likeness (QED) is 0.877. The number of nitrogens with two attached hydrogens (primary N) is 1. The van der Waals surface area contributed by atoms with Gasteiger partial charge in [-0.15, -0.1) is 10.2 Å². The van der Waals surface area contributed by atoms with E-state index in [0.717, 1.165) is 0 Å². The molecule has 104 valence electrons. The van der Waals surface area contributed by atoms with Crippen LogP contribution < -0.4 is 5.14 Å². The van der Waals surface area contributed by atoms with Crippen LogP contribution in [0.25, 0.3) is 0 Å². The van der Waals surface area contributed by atoms with E-state index in [-0.39, 0.29) is 23.4 Å². The first kappa shape index (κ1) is 15.1. The summed E-state index contributed by atoms with van der Waals surface area (Å²) >= 11 is 0. The average molecular weight is 276 g/mol. The van der Waals surface area contributed by atoms with E-state index in [0.29, 0.717) is 5.82 Å². The lowest BCUT2D eigenvalue weighted by atomic mass is 10.2. The Morgan fingerprint density at radius 2 is 1.89 bits per heavy atom. The molecule has 18 heavy (non-hydrogen) atoms. The first-order valence-electron chi connectivity index (χ1n) is 5.63. The Labute approximate surface area is 107 Å². The number of ether oxygens (including phenoxy) is 1. The maximum Gasteiger partial charge on any atom is 0.273 e. The Hall–Kier alpha value is -0.990. The van der Waals surface area contributed by atoms with E-state index >= 15 is 0 Å². The van der Waals surface area contributed by atoms with Crippen LogP contribution in [0, 0.1) is 0 Å². The van der Waals surface area contributed by atoms with Crippen molar-refractivity contribution >= 4 is 10.0 Å². The average Bonchev–Trinajstić information content (AvgIpc) is 2.55. The van der Waals surface area contributed by atoms with Gasteiger partial charge in [0.15, 0.2) is 5.82 Å². The Morgan fingerprint density at radius 3 is 2.28 bits per heavy atom. The lowest BCUT2D eigenvalue weighted by Gasteiger charge is -2.20. The Morgan fingerprint density at radius 1 is 1.33 bits per heavy atom. The van der Waals surface area contributed by atoms with Gasteiger partial charge in [-0.25, -0.2) is 13.6 Å². The van der Waals surface area contributed by atoms with E-state index in [4.69, 9.17) is 9.88 Å². The van der Waals surface area contributed by atoms with Crippen molar-refractivity contribution in [1.82, 2.24) is 14.8 Å². The maximum atomic E-state index is 11.4. The van der Waals surface area contributed by atoms with Crippen LogP contribution in [-0.2, 0) is 21.4 Å². The van der Waals surface area contributed by atoms with Crippen LogP contribution in [0.1, 0.15) is 46.5 Å². The van der Waals surface area contributed by atoms with Gasteiger partial charge in [-0.3, -0.25) is 4.57 Å². The second kappa shape index (κ2) is 4.94. The SMILES string of the molecule is CC(C)n1c(COC(C)(C)C)nnc1S(N)(=O)=O. The van der Waals surface area contributed by atoms with E-state index in [1.807, 2.05) is 34.6 Å². The number of aromatic nitrogens is 3. The second-order valence-corrected chi connectivity index (χ2v) is 6.76. The van der Waals surface area contributed by atoms with Crippen molar-refractivity contribution < 1.29 is 13.2 Å². The summed E-state index contributed by atoms with van der Waals surface area (Å²) in [6, 6.07) is -0.119. The molecule has 2 N–H and O–H groups in total. The lowest BCUT2D eigenvalue weighted by Crippen LogP contribution is -2.23. The smallest absolute Gasteiger partial charge is 0.273 e. The minimum atomic E-state index is -3.88. The highest BCUT2D eigenvalue weighted by Crippen LogP contribution is 2.17. The first-order chi connectivity index (χ1) is 8.02. The summed E-state index contributed by atoms with van der Waals surface area (Å²) in [4.78, 5) is 0. The van der Waals surface area contributed by atoms with Gasteiger partial charge in [-0.2, -0.15) is 0 Å². The van der Waals surface area contributed by atoms with E-state index in [9.17, 15) is 8.42 Å². The van der Waals surface area contributed by atoms with E-state index < -0.39 is 10.0 Å². The molecular weight excluding hydrogens is 256 g/mol. The van der Waals surface area contributed by atoms with Crippen LogP contribution in [0.4, 0.5) is 0 Å². The molecule has 1 aromatic rings. The topological polar surface area (TPSA) is 100 Å². The molecule has 0 aliphatic carbocycles. The highest BCUT2D eigenvalue weighted by Gasteiger charge is 2.24. The predicted molar refractivity (Wildman–Crippen MR) is 66.3 cm³/mol. The van der Waals surface area contributed by atoms with E-state index in [1.165, 1.54) is 4.57 Å². The summed E-state index contributed by atoms with van der Waals surface area (Å²) in [5.74, 6) is 0.448. The highest BCUT2D eigenvalue weighted by molar-refractivity contribution is 7.89. The summed E-state index contributed by atoms with van der Waals surface area (Å²) in [6.45, 7) is 9.57. The number of primary sulfonamides is 1. The Bertz CT molecular complexity index is 514. The third-order valence-corrected chi connectivity index (χ3v) is 2.93. The largest absolute Gasteiger partial charge is 0.368 e. The summed E-state index contributed by atoms with van der Waals surface area (Å²) in [5, 5.41) is 12.3. The number of nitrogens with zero attached hydrogens (tertiary/aromatic N) is 3. The molecule has 0 saturated heterocycles. The third-order valence-electron chi connectivity index (χ3n) is 2.14. The lowest BCUT2D eigenvalue weighted by molar-refractivity contribution is -0.0199. The highest BCUT2D eigenvalue weighted by atomic mass is 32.2. The molecule has 0 aliphatic rings. The minimum absolute atomic E-state index is 0.119. The molecular formula is C10H20N4O3S. The van der Waals surface area contributed by atoms with Gasteiger partial charge < -0.3 is 4.74 Å². The van der Waals surface area contributed by atoms with Crippen molar-refractivity contribution in [2.45, 2.75) is 58.0 Å². The zero-order valence-electron chi connectivity index (χ0n) is 11.3. The van der Waals surface area contributed by atoms with Crippen molar-refractivity contribution in [1.29, 1.82) is 0 Å². The molecule has 0 unspecified atom stereocenters. The molecule has 1 rings (SSSR count). The molecule has 0 saturated carbocycles. The van der Waals surface area contributed by atoms with Crippen molar-refractivity contribution in [2.75, 3.05) is 0 Å². The van der Waals surface area contributed by atoms with Gasteiger partial charge in [0.05, 0.1) is 5.60 Å². The Kier molecular flexibility index (Phi) is 4.14. The van der Waals surface area contributed by atoms with Gasteiger partial charge in [0.25, 0.3) is 15.2 Å². The van der Waals surface area contributed by atoms with Crippen molar-refractivity contribution in [3.05, 3.63) is 5.82 Å². The summed E-state index contributed by atoms with van der Waals surface area (Å²) in [5.41, 5.74) is -0.338.